The fourth-order valence-corrected chi connectivity index (χ4v) is 11.6. The number of ether oxygens (including phenoxy) is 7. The number of hydrogen-bond donors (Lipinski definition) is 5. The maximum Gasteiger partial charge on any atom is 0.311 e. The molecule has 1 aromatic heterocycles. The zero-order chi connectivity index (χ0) is 55.0. The van der Waals surface area contributed by atoms with Gasteiger partial charge in [-0.25, -0.2) is 0 Å². The number of hydrogen-bond acceptors (Lipinski definition) is 17. The lowest BCUT2D eigenvalue weighted by atomic mass is 9.77. The molecule has 0 bridgehead atoms. The number of rotatable bonds is 17. The molecule has 5 N–H and O–H groups in total. The second-order valence-electron chi connectivity index (χ2n) is 22.9. The molecule has 0 unspecified atom stereocenters. The van der Waals surface area contributed by atoms with Gasteiger partial charge in [0.1, 0.15) is 29.7 Å². The van der Waals surface area contributed by atoms with E-state index in [4.69, 9.17) is 33.2 Å². The Hall–Kier alpha value is -3.63. The van der Waals surface area contributed by atoms with E-state index in [-0.39, 0.29) is 43.9 Å². The predicted octanol–water partition coefficient (Wildman–Crippen LogP) is 5.76. The summed E-state index contributed by atoms with van der Waals surface area (Å²) in [6.07, 6.45) is -2.42. The highest BCUT2D eigenvalue weighted by molar-refractivity contribution is 5.73. The lowest BCUT2D eigenvalue weighted by Gasteiger charge is -2.48. The molecule has 3 saturated heterocycles. The van der Waals surface area contributed by atoms with Crippen LogP contribution in [0.1, 0.15) is 119 Å². The van der Waals surface area contributed by atoms with Crippen molar-refractivity contribution >= 4 is 5.97 Å². The van der Waals surface area contributed by atoms with Crippen LogP contribution in [-0.2, 0) is 52.8 Å². The Balaban J connectivity index is 1.15. The molecule has 0 amide bonds. The van der Waals surface area contributed by atoms with Crippen molar-refractivity contribution in [3.8, 4) is 16.9 Å². The summed E-state index contributed by atoms with van der Waals surface area (Å²) < 4.78 is 46.6. The summed E-state index contributed by atoms with van der Waals surface area (Å²) in [6.45, 7) is 20.5. The monoisotopic (exact) mass is 1050 g/mol. The van der Waals surface area contributed by atoms with Gasteiger partial charge in [-0.3, -0.25) is 9.48 Å². The number of aromatic nitrogens is 3. The van der Waals surface area contributed by atoms with Gasteiger partial charge < -0.3 is 68.5 Å². The van der Waals surface area contributed by atoms with Gasteiger partial charge in [-0.2, -0.15) is 0 Å². The zero-order valence-corrected chi connectivity index (χ0v) is 47.0. The molecule has 18 nitrogen and oxygen atoms in total. The Bertz CT molecular complexity index is 2210. The normalized spacial score (nSPS) is 36.9. The van der Waals surface area contributed by atoms with Crippen molar-refractivity contribution in [1.82, 2.24) is 24.8 Å². The topological polar surface area (TPSA) is 220 Å². The van der Waals surface area contributed by atoms with Crippen molar-refractivity contribution in [3.05, 3.63) is 66.0 Å². The molecule has 422 valence electrons. The number of aliphatic hydroxyl groups excluding tert-OH is 3. The van der Waals surface area contributed by atoms with Crippen LogP contribution in [0.2, 0.25) is 0 Å². The van der Waals surface area contributed by atoms with Gasteiger partial charge in [0, 0.05) is 76.6 Å². The second-order valence-corrected chi connectivity index (χ2v) is 22.9. The van der Waals surface area contributed by atoms with Crippen molar-refractivity contribution in [2.24, 2.45) is 17.8 Å². The van der Waals surface area contributed by atoms with E-state index in [0.717, 1.165) is 41.0 Å². The quantitative estimate of drug-likeness (QED) is 0.0801. The molecule has 3 aromatic rings. The van der Waals surface area contributed by atoms with Crippen molar-refractivity contribution in [2.75, 3.05) is 40.9 Å². The summed E-state index contributed by atoms with van der Waals surface area (Å²) in [5, 5.41) is 65.7. The van der Waals surface area contributed by atoms with E-state index in [0.29, 0.717) is 39.1 Å². The van der Waals surface area contributed by atoms with Gasteiger partial charge >= 0.3 is 5.97 Å². The van der Waals surface area contributed by atoms with Crippen molar-refractivity contribution in [3.63, 3.8) is 0 Å². The maximum absolute atomic E-state index is 14.5. The number of carbonyl (C=O) groups is 1. The summed E-state index contributed by atoms with van der Waals surface area (Å²) >= 11 is 0. The van der Waals surface area contributed by atoms with E-state index in [9.17, 15) is 30.3 Å². The first-order valence-electron chi connectivity index (χ1n) is 27.3. The number of aliphatic hydroxyl groups is 5. The molecule has 3 fully saturated rings. The highest BCUT2D eigenvalue weighted by Crippen LogP contribution is 2.40. The van der Waals surface area contributed by atoms with Gasteiger partial charge in [0.15, 0.2) is 12.6 Å². The SMILES string of the molecule is CC[C@H]1OC(=O)[C@H](C)[C@@H](O[C@H]2C[C@@](C)(OC)[C@@H](O)[C@H](C)O2)[C@H](C)[C@@H](O[C@H]2C[C@@H](N(C)CCc3cn(CCCOc4ccc(-c5ccc(CO)cc5)cc4)nn3)C[C@@H](C)O2)[C@](C)(O)C[C@@H](C)CN(C)[C@H](C)[C@@H](O)[C@]1(C)O. The third kappa shape index (κ3) is 15.4. The average molecular weight is 1050 g/mol. The summed E-state index contributed by atoms with van der Waals surface area (Å²) in [5.74, 6) is -1.67. The summed E-state index contributed by atoms with van der Waals surface area (Å²) in [7, 11) is 5.49. The summed E-state index contributed by atoms with van der Waals surface area (Å²) in [5.41, 5.74) is -0.423. The fourth-order valence-electron chi connectivity index (χ4n) is 11.6. The first kappa shape index (κ1) is 60.6. The lowest BCUT2D eigenvalue weighted by Crippen LogP contribution is -2.59. The molecular weight excluding hydrogens is 963 g/mol. The number of esters is 1. The minimum atomic E-state index is -1.81. The Labute approximate surface area is 445 Å². The van der Waals surface area contributed by atoms with Crippen LogP contribution in [0.25, 0.3) is 11.1 Å². The molecule has 4 heterocycles. The second kappa shape index (κ2) is 26.3. The van der Waals surface area contributed by atoms with E-state index in [2.05, 4.69) is 22.3 Å². The molecule has 0 saturated carbocycles. The van der Waals surface area contributed by atoms with E-state index in [1.54, 1.807) is 34.6 Å². The molecular formula is C57H91N5O13. The van der Waals surface area contributed by atoms with E-state index >= 15 is 0 Å². The van der Waals surface area contributed by atoms with Crippen LogP contribution in [0.4, 0.5) is 0 Å². The molecule has 18 heteroatoms. The molecule has 0 spiro atoms. The highest BCUT2D eigenvalue weighted by atomic mass is 16.7. The van der Waals surface area contributed by atoms with Crippen LogP contribution >= 0.6 is 0 Å². The molecule has 75 heavy (non-hydrogen) atoms. The number of aryl methyl sites for hydroxylation is 1. The van der Waals surface area contributed by atoms with E-state index in [1.807, 2.05) is 99.1 Å². The number of cyclic esters (lactones) is 1. The first-order chi connectivity index (χ1) is 35.4. The van der Waals surface area contributed by atoms with Gasteiger partial charge in [-0.15, -0.1) is 5.10 Å². The van der Waals surface area contributed by atoms with Crippen molar-refractivity contribution in [1.29, 1.82) is 0 Å². The third-order valence-electron chi connectivity index (χ3n) is 16.5. The lowest BCUT2D eigenvalue weighted by molar-refractivity contribution is -0.308. The number of nitrogens with zero attached hydrogens (tertiary/aromatic N) is 5. The average Bonchev–Trinajstić information content (AvgIpc) is 3.84. The maximum atomic E-state index is 14.5. The van der Waals surface area contributed by atoms with Gasteiger partial charge in [-0.1, -0.05) is 62.4 Å². The number of benzene rings is 2. The van der Waals surface area contributed by atoms with E-state index < -0.39 is 89.9 Å². The fraction of sp³-hybridized carbons (Fsp3) is 0.737. The first-order valence-corrected chi connectivity index (χ1v) is 27.3. The molecule has 0 radical (unpaired) electrons. The van der Waals surface area contributed by atoms with Crippen molar-refractivity contribution < 1.29 is 63.5 Å². The van der Waals surface area contributed by atoms with Gasteiger partial charge in [-0.05, 0) is 117 Å². The Morgan fingerprint density at radius 2 is 1.55 bits per heavy atom. The highest BCUT2D eigenvalue weighted by Gasteiger charge is 2.52. The van der Waals surface area contributed by atoms with Crippen molar-refractivity contribution in [2.45, 2.75) is 212 Å². The van der Waals surface area contributed by atoms with E-state index in [1.165, 1.54) is 14.0 Å². The van der Waals surface area contributed by atoms with Crippen LogP contribution in [0.15, 0.2) is 54.7 Å². The van der Waals surface area contributed by atoms with Crippen LogP contribution in [0.3, 0.4) is 0 Å². The largest absolute Gasteiger partial charge is 0.494 e. The minimum Gasteiger partial charge on any atom is -0.494 e. The molecule has 6 rings (SSSR count). The minimum absolute atomic E-state index is 0.0226. The number of methoxy groups -OCH3 is 1. The van der Waals surface area contributed by atoms with Gasteiger partial charge in [0.2, 0.25) is 0 Å². The Kier molecular flexibility index (Phi) is 21.3. The Morgan fingerprint density at radius 3 is 2.19 bits per heavy atom. The molecule has 0 aliphatic carbocycles. The van der Waals surface area contributed by atoms with Crippen LogP contribution in [0, 0.1) is 17.8 Å². The van der Waals surface area contributed by atoms with Gasteiger partial charge in [0.05, 0.1) is 60.4 Å². The molecule has 17 atom stereocenters. The zero-order valence-electron chi connectivity index (χ0n) is 47.0. The smallest absolute Gasteiger partial charge is 0.311 e. The number of likely N-dealkylation sites (N-methyl/N-ethyl adjacent to an activating group) is 2. The van der Waals surface area contributed by atoms with Gasteiger partial charge in [0.25, 0.3) is 0 Å². The predicted molar refractivity (Wildman–Crippen MR) is 283 cm³/mol. The third-order valence-corrected chi connectivity index (χ3v) is 16.5. The molecule has 3 aliphatic heterocycles. The standard InChI is InChI=1S/C57H91N5O13/c1-14-47-57(10,68)51(64)39(6)61(12)32-35(2)30-55(8,67)53(37(4)50(38(5)54(66)73-47)74-49-31-56(9,69-13)52(65)40(7)72-49)75-48-29-45(28-36(3)71-48)60(11)26-24-44-33-62(59-58-44)25-15-27-70-46-22-20-43(21-23-46)42-18-16-41(34-63)17-19-42/h16-23,33,35-40,45,47-53,63-65,67-68H,14-15,24-32,34H2,1-13H3/t35-,36-,37+,38-,39-,40+,45+,47-,48+,49+,50+,51-,52+,53-,55-,56-,57-/m1/s1. The van der Waals surface area contributed by atoms with Crippen LogP contribution in [0.5, 0.6) is 5.75 Å². The molecule has 3 aliphatic rings. The van der Waals surface area contributed by atoms with Crippen LogP contribution in [-0.4, -0.2) is 181 Å². The number of carbonyl (C=O) groups excluding carboxylic acids is 1. The summed E-state index contributed by atoms with van der Waals surface area (Å²) in [4.78, 5) is 18.8. The summed E-state index contributed by atoms with van der Waals surface area (Å²) in [6, 6.07) is 15.4. The Morgan fingerprint density at radius 1 is 0.880 bits per heavy atom. The van der Waals surface area contributed by atoms with Crippen LogP contribution < -0.4 is 4.74 Å². The molecule has 2 aromatic carbocycles.